The van der Waals surface area contributed by atoms with Crippen molar-refractivity contribution in [2.75, 3.05) is 26.4 Å². The summed E-state index contributed by atoms with van der Waals surface area (Å²) in [4.78, 5) is 19.4. The molecule has 0 saturated heterocycles. The van der Waals surface area contributed by atoms with Crippen LogP contribution in [-0.2, 0) is 14.3 Å². The topological polar surface area (TPSA) is 70.5 Å². The van der Waals surface area contributed by atoms with Gasteiger partial charge in [-0.2, -0.15) is 0 Å². The van der Waals surface area contributed by atoms with Crippen molar-refractivity contribution in [3.8, 4) is 29.4 Å². The third-order valence-electron chi connectivity index (χ3n) is 4.34. The van der Waals surface area contributed by atoms with Gasteiger partial charge in [0.15, 0.2) is 5.75 Å². The van der Waals surface area contributed by atoms with Gasteiger partial charge in [-0.05, 0) is 43.3 Å². The Bertz CT molecular complexity index is 1160. The number of rotatable bonds is 8. The minimum atomic E-state index is -0.432. The second-order valence-electron chi connectivity index (χ2n) is 7.03. The van der Waals surface area contributed by atoms with Gasteiger partial charge in [0.2, 0.25) is 0 Å². The Hall–Kier alpha value is -4.39. The van der Waals surface area contributed by atoms with Gasteiger partial charge in [0.1, 0.15) is 13.2 Å². The van der Waals surface area contributed by atoms with E-state index in [0.29, 0.717) is 29.1 Å². The normalized spacial score (nSPS) is 9.68. The fourth-order valence-electron chi connectivity index (χ4n) is 2.66. The van der Waals surface area contributed by atoms with E-state index in [2.05, 4.69) is 40.2 Å². The van der Waals surface area contributed by atoms with Crippen LogP contribution in [0.1, 0.15) is 29.2 Å². The van der Waals surface area contributed by atoms with Crippen molar-refractivity contribution in [2.45, 2.75) is 6.92 Å². The molecule has 2 heterocycles. The van der Waals surface area contributed by atoms with Crippen LogP contribution in [0.3, 0.4) is 0 Å². The third-order valence-corrected chi connectivity index (χ3v) is 4.34. The first-order valence-corrected chi connectivity index (χ1v) is 10.6. The van der Waals surface area contributed by atoms with Crippen LogP contribution in [0, 0.1) is 23.7 Å². The molecule has 6 nitrogen and oxygen atoms in total. The van der Waals surface area contributed by atoms with E-state index in [1.165, 1.54) is 0 Å². The Morgan fingerprint density at radius 2 is 1.32 bits per heavy atom. The molecule has 34 heavy (non-hydrogen) atoms. The zero-order valence-corrected chi connectivity index (χ0v) is 18.9. The number of benzene rings is 1. The Labute approximate surface area is 199 Å². The lowest BCUT2D eigenvalue weighted by atomic mass is 10.1. The predicted molar refractivity (Wildman–Crippen MR) is 129 cm³/mol. The number of pyridine rings is 2. The van der Waals surface area contributed by atoms with E-state index < -0.39 is 5.97 Å². The number of aromatic nitrogens is 2. The fourth-order valence-corrected chi connectivity index (χ4v) is 2.66. The number of carbonyl (C=O) groups excluding carboxylic acids is 1. The first-order valence-electron chi connectivity index (χ1n) is 10.6. The zero-order chi connectivity index (χ0) is 24.0. The molecule has 3 aromatic rings. The van der Waals surface area contributed by atoms with Crippen molar-refractivity contribution in [2.24, 2.45) is 0 Å². The summed E-state index contributed by atoms with van der Waals surface area (Å²) in [5.41, 5.74) is 3.49. The number of hydrogen-bond donors (Lipinski definition) is 0. The number of carbonyl (C=O) groups is 1. The van der Waals surface area contributed by atoms with Crippen LogP contribution in [0.25, 0.3) is 0 Å². The van der Waals surface area contributed by atoms with Crippen LogP contribution in [0.4, 0.5) is 0 Å². The molecule has 0 spiro atoms. The summed E-state index contributed by atoms with van der Waals surface area (Å²) in [7, 11) is 0. The van der Waals surface area contributed by atoms with Crippen molar-refractivity contribution in [1.29, 1.82) is 0 Å². The van der Waals surface area contributed by atoms with Crippen LogP contribution < -0.4 is 4.74 Å². The van der Waals surface area contributed by atoms with Crippen molar-refractivity contribution in [3.05, 3.63) is 102 Å². The fraction of sp³-hybridized carbons (Fsp3) is 0.179. The summed E-state index contributed by atoms with van der Waals surface area (Å²) in [6, 6.07) is 13.0. The Kier molecular flexibility index (Phi) is 9.43. The summed E-state index contributed by atoms with van der Waals surface area (Å²) in [6.45, 7) is 6.15. The zero-order valence-electron chi connectivity index (χ0n) is 18.9. The first-order chi connectivity index (χ1) is 16.6. The van der Waals surface area contributed by atoms with E-state index in [9.17, 15) is 4.79 Å². The maximum atomic E-state index is 11.4. The molecular weight excluding hydrogens is 428 g/mol. The van der Waals surface area contributed by atoms with Crippen molar-refractivity contribution in [1.82, 2.24) is 9.97 Å². The average Bonchev–Trinajstić information content (AvgIpc) is 2.87. The SMILES string of the molecule is C=C(C)C(=O)OCCOCCOc1c(C#Cc2ccncc2)cccc1C#Cc1ccncc1. The molecule has 0 bridgehead atoms. The molecule has 0 aliphatic rings. The molecule has 6 heteroatoms. The summed E-state index contributed by atoms with van der Waals surface area (Å²) >= 11 is 0. The lowest BCUT2D eigenvalue weighted by molar-refractivity contribution is -0.140. The first kappa shape index (κ1) is 24.3. The van der Waals surface area contributed by atoms with E-state index in [1.54, 1.807) is 31.7 Å². The number of ether oxygens (including phenoxy) is 3. The van der Waals surface area contributed by atoms with Gasteiger partial charge in [-0.25, -0.2) is 4.79 Å². The van der Waals surface area contributed by atoms with Gasteiger partial charge >= 0.3 is 5.97 Å². The van der Waals surface area contributed by atoms with Crippen LogP contribution in [0.2, 0.25) is 0 Å². The molecule has 170 valence electrons. The molecule has 1 aromatic carbocycles. The maximum absolute atomic E-state index is 11.4. The minimum absolute atomic E-state index is 0.155. The highest BCUT2D eigenvalue weighted by Gasteiger charge is 2.08. The molecule has 0 radical (unpaired) electrons. The number of hydrogen-bond acceptors (Lipinski definition) is 6. The van der Waals surface area contributed by atoms with Gasteiger partial charge in [-0.1, -0.05) is 36.3 Å². The molecule has 0 aliphatic heterocycles. The van der Waals surface area contributed by atoms with Crippen LogP contribution in [-0.4, -0.2) is 42.4 Å². The van der Waals surface area contributed by atoms with Crippen LogP contribution in [0.15, 0.2) is 79.4 Å². The quantitative estimate of drug-likeness (QED) is 0.224. The molecule has 0 amide bonds. The second-order valence-corrected chi connectivity index (χ2v) is 7.03. The molecule has 0 saturated carbocycles. The number of para-hydroxylation sites is 1. The van der Waals surface area contributed by atoms with Gasteiger partial charge in [-0.15, -0.1) is 0 Å². The van der Waals surface area contributed by atoms with Gasteiger partial charge in [0, 0.05) is 41.5 Å². The molecule has 0 N–H and O–H groups in total. The van der Waals surface area contributed by atoms with E-state index in [4.69, 9.17) is 14.2 Å². The van der Waals surface area contributed by atoms with Crippen molar-refractivity contribution < 1.29 is 19.0 Å². The molecule has 0 unspecified atom stereocenters. The predicted octanol–water partition coefficient (Wildman–Crippen LogP) is 3.79. The standard InChI is InChI=1S/C28H24N2O4/c1-22(2)28(31)34-21-19-32-18-20-33-27-25(8-6-23-10-14-29-15-11-23)4-3-5-26(27)9-7-24-12-16-30-17-13-24/h3-5,10-17H,1,18-21H2,2H3. The third kappa shape index (κ3) is 7.94. The van der Waals surface area contributed by atoms with Gasteiger partial charge < -0.3 is 14.2 Å². The van der Waals surface area contributed by atoms with E-state index >= 15 is 0 Å². The van der Waals surface area contributed by atoms with E-state index in [1.807, 2.05) is 42.5 Å². The maximum Gasteiger partial charge on any atom is 0.333 e. The number of nitrogens with zero attached hydrogens (tertiary/aromatic N) is 2. The lowest BCUT2D eigenvalue weighted by Gasteiger charge is -2.11. The van der Waals surface area contributed by atoms with Gasteiger partial charge in [0.05, 0.1) is 24.3 Å². The summed E-state index contributed by atoms with van der Waals surface area (Å²) in [6.07, 6.45) is 6.79. The summed E-state index contributed by atoms with van der Waals surface area (Å²) < 4.78 is 16.5. The second kappa shape index (κ2) is 13.2. The van der Waals surface area contributed by atoms with Crippen molar-refractivity contribution >= 4 is 5.97 Å². The van der Waals surface area contributed by atoms with E-state index in [0.717, 1.165) is 11.1 Å². The Balaban J connectivity index is 1.70. The average molecular weight is 453 g/mol. The molecular formula is C28H24N2O4. The Morgan fingerprint density at radius 3 is 1.85 bits per heavy atom. The lowest BCUT2D eigenvalue weighted by Crippen LogP contribution is -2.14. The van der Waals surface area contributed by atoms with Crippen LogP contribution >= 0.6 is 0 Å². The minimum Gasteiger partial charge on any atom is -0.489 e. The summed E-state index contributed by atoms with van der Waals surface area (Å²) in [5.74, 6) is 12.7. The molecule has 2 aromatic heterocycles. The highest BCUT2D eigenvalue weighted by Crippen LogP contribution is 2.23. The molecule has 0 fully saturated rings. The smallest absolute Gasteiger partial charge is 0.333 e. The largest absolute Gasteiger partial charge is 0.489 e. The molecule has 3 rings (SSSR count). The number of esters is 1. The Morgan fingerprint density at radius 1 is 0.794 bits per heavy atom. The highest BCUT2D eigenvalue weighted by atomic mass is 16.6. The van der Waals surface area contributed by atoms with Crippen LogP contribution in [0.5, 0.6) is 5.75 Å². The molecule has 0 aliphatic carbocycles. The van der Waals surface area contributed by atoms with Crippen molar-refractivity contribution in [3.63, 3.8) is 0 Å². The van der Waals surface area contributed by atoms with Gasteiger partial charge in [-0.3, -0.25) is 9.97 Å². The monoisotopic (exact) mass is 452 g/mol. The summed E-state index contributed by atoms with van der Waals surface area (Å²) in [5, 5.41) is 0. The highest BCUT2D eigenvalue weighted by molar-refractivity contribution is 5.86. The van der Waals surface area contributed by atoms with E-state index in [-0.39, 0.29) is 19.8 Å². The molecule has 0 atom stereocenters. The van der Waals surface area contributed by atoms with Gasteiger partial charge in [0.25, 0.3) is 0 Å².